The maximum absolute atomic E-state index is 11.2. The Balaban J connectivity index is 1.95. The molecule has 1 saturated heterocycles. The third-order valence-corrected chi connectivity index (χ3v) is 2.45. The van der Waals surface area contributed by atoms with Crippen LogP contribution < -0.4 is 16.6 Å². The second-order valence-electron chi connectivity index (χ2n) is 4.33. The minimum Gasteiger partial charge on any atom is -0.391 e. The van der Waals surface area contributed by atoms with Gasteiger partial charge in [-0.05, 0) is 13.8 Å². The molecule has 0 spiro atoms. The molecule has 0 bridgehead atoms. The van der Waals surface area contributed by atoms with Gasteiger partial charge in [0.05, 0.1) is 12.9 Å². The van der Waals surface area contributed by atoms with Gasteiger partial charge in [0, 0.05) is 6.54 Å². The van der Waals surface area contributed by atoms with E-state index >= 15 is 0 Å². The fourth-order valence-corrected chi connectivity index (χ4v) is 1.63. The van der Waals surface area contributed by atoms with E-state index in [-0.39, 0.29) is 17.4 Å². The van der Waals surface area contributed by atoms with E-state index in [4.69, 9.17) is 15.2 Å². The SMILES string of the molecule is CC1(C)OCC(CNc2nc[nH]c(=O)c2N)O1. The van der Waals surface area contributed by atoms with Crippen molar-refractivity contribution in [3.05, 3.63) is 16.7 Å². The Morgan fingerprint density at radius 3 is 3.12 bits per heavy atom. The Morgan fingerprint density at radius 2 is 2.47 bits per heavy atom. The number of nitrogens with two attached hydrogens (primary N) is 1. The second-order valence-corrected chi connectivity index (χ2v) is 4.33. The van der Waals surface area contributed by atoms with Crippen molar-refractivity contribution >= 4 is 11.5 Å². The average molecular weight is 240 g/mol. The third-order valence-electron chi connectivity index (χ3n) is 2.45. The van der Waals surface area contributed by atoms with E-state index in [1.54, 1.807) is 0 Å². The quantitative estimate of drug-likeness (QED) is 0.682. The van der Waals surface area contributed by atoms with Gasteiger partial charge in [-0.25, -0.2) is 4.98 Å². The van der Waals surface area contributed by atoms with Crippen molar-refractivity contribution in [2.45, 2.75) is 25.7 Å². The molecule has 1 aromatic heterocycles. The fourth-order valence-electron chi connectivity index (χ4n) is 1.63. The molecule has 7 nitrogen and oxygen atoms in total. The number of nitrogen functional groups attached to an aromatic ring is 1. The van der Waals surface area contributed by atoms with E-state index in [0.717, 1.165) is 0 Å². The summed E-state index contributed by atoms with van der Waals surface area (Å²) in [6.45, 7) is 4.70. The van der Waals surface area contributed by atoms with Crippen LogP contribution in [0.15, 0.2) is 11.1 Å². The molecule has 1 fully saturated rings. The normalized spacial score (nSPS) is 22.6. The first-order valence-electron chi connectivity index (χ1n) is 5.37. The van der Waals surface area contributed by atoms with Gasteiger partial charge in [0.2, 0.25) is 0 Å². The molecule has 1 aromatic rings. The van der Waals surface area contributed by atoms with Crippen molar-refractivity contribution < 1.29 is 9.47 Å². The Bertz CT molecular complexity index is 457. The standard InChI is InChI=1S/C10H16N4O3/c1-10(2)16-4-6(17-10)3-12-8-7(11)9(15)14-5-13-8/h5-6H,3-4,11H2,1-2H3,(H2,12,13,14,15). The predicted molar refractivity (Wildman–Crippen MR) is 62.7 cm³/mol. The first kappa shape index (κ1) is 11.9. The number of aromatic amines is 1. The number of hydrogen-bond acceptors (Lipinski definition) is 6. The first-order valence-corrected chi connectivity index (χ1v) is 5.37. The molecule has 2 heterocycles. The predicted octanol–water partition coefficient (Wildman–Crippen LogP) is -0.0845. The van der Waals surface area contributed by atoms with Crippen LogP contribution in [0.3, 0.4) is 0 Å². The Labute approximate surface area is 98.3 Å². The van der Waals surface area contributed by atoms with Crippen molar-refractivity contribution in [1.82, 2.24) is 9.97 Å². The molecule has 0 amide bonds. The summed E-state index contributed by atoms with van der Waals surface area (Å²) in [4.78, 5) is 17.6. The highest BCUT2D eigenvalue weighted by Gasteiger charge is 2.32. The summed E-state index contributed by atoms with van der Waals surface area (Å²) < 4.78 is 11.0. The highest BCUT2D eigenvalue weighted by atomic mass is 16.7. The van der Waals surface area contributed by atoms with Crippen LogP contribution in [0.4, 0.5) is 11.5 Å². The van der Waals surface area contributed by atoms with Gasteiger partial charge in [-0.1, -0.05) is 0 Å². The monoisotopic (exact) mass is 240 g/mol. The smallest absolute Gasteiger partial charge is 0.276 e. The van der Waals surface area contributed by atoms with Gasteiger partial charge in [-0.15, -0.1) is 0 Å². The Morgan fingerprint density at radius 1 is 1.71 bits per heavy atom. The molecule has 1 aliphatic heterocycles. The van der Waals surface area contributed by atoms with Crippen LogP contribution >= 0.6 is 0 Å². The number of hydrogen-bond donors (Lipinski definition) is 3. The van der Waals surface area contributed by atoms with E-state index in [2.05, 4.69) is 15.3 Å². The largest absolute Gasteiger partial charge is 0.391 e. The van der Waals surface area contributed by atoms with Crippen molar-refractivity contribution in [2.75, 3.05) is 24.2 Å². The number of rotatable bonds is 3. The average Bonchev–Trinajstić information content (AvgIpc) is 2.61. The third kappa shape index (κ3) is 2.75. The molecule has 4 N–H and O–H groups in total. The van der Waals surface area contributed by atoms with Crippen molar-refractivity contribution in [3.8, 4) is 0 Å². The van der Waals surface area contributed by atoms with Crippen LogP contribution in [-0.4, -0.2) is 35.0 Å². The topological polar surface area (TPSA) is 102 Å². The molecule has 0 saturated carbocycles. The Kier molecular flexibility index (Phi) is 3.03. The summed E-state index contributed by atoms with van der Waals surface area (Å²) in [7, 11) is 0. The zero-order valence-electron chi connectivity index (χ0n) is 9.82. The summed E-state index contributed by atoms with van der Waals surface area (Å²) >= 11 is 0. The van der Waals surface area contributed by atoms with Crippen LogP contribution in [0, 0.1) is 0 Å². The van der Waals surface area contributed by atoms with E-state index in [1.165, 1.54) is 6.33 Å². The molecule has 0 radical (unpaired) electrons. The van der Waals surface area contributed by atoms with Gasteiger partial charge in [0.15, 0.2) is 11.6 Å². The van der Waals surface area contributed by atoms with E-state index in [1.807, 2.05) is 13.8 Å². The molecule has 17 heavy (non-hydrogen) atoms. The lowest BCUT2D eigenvalue weighted by molar-refractivity contribution is -0.136. The van der Waals surface area contributed by atoms with Crippen molar-refractivity contribution in [1.29, 1.82) is 0 Å². The maximum atomic E-state index is 11.2. The molecule has 7 heteroatoms. The maximum Gasteiger partial charge on any atom is 0.276 e. The van der Waals surface area contributed by atoms with Gasteiger partial charge in [0.1, 0.15) is 11.8 Å². The molecular formula is C10H16N4O3. The lowest BCUT2D eigenvalue weighted by Crippen LogP contribution is -2.27. The van der Waals surface area contributed by atoms with Crippen LogP contribution in [-0.2, 0) is 9.47 Å². The van der Waals surface area contributed by atoms with Crippen LogP contribution in [0.5, 0.6) is 0 Å². The number of anilines is 2. The van der Waals surface area contributed by atoms with Gasteiger partial charge in [-0.2, -0.15) is 0 Å². The summed E-state index contributed by atoms with van der Waals surface area (Å²) in [5.41, 5.74) is 5.30. The molecule has 2 rings (SSSR count). The van der Waals surface area contributed by atoms with Crippen LogP contribution in [0.1, 0.15) is 13.8 Å². The first-order chi connectivity index (χ1) is 7.98. The number of nitrogens with zero attached hydrogens (tertiary/aromatic N) is 1. The van der Waals surface area contributed by atoms with Crippen LogP contribution in [0.2, 0.25) is 0 Å². The molecular weight excluding hydrogens is 224 g/mol. The van der Waals surface area contributed by atoms with Crippen LogP contribution in [0.25, 0.3) is 0 Å². The summed E-state index contributed by atoms with van der Waals surface area (Å²) in [5, 5.41) is 2.97. The molecule has 1 aliphatic rings. The lowest BCUT2D eigenvalue weighted by Gasteiger charge is -2.17. The molecule has 1 atom stereocenters. The summed E-state index contributed by atoms with van der Waals surface area (Å²) in [6.07, 6.45) is 1.22. The Hall–Kier alpha value is -1.60. The minimum atomic E-state index is -0.556. The van der Waals surface area contributed by atoms with Crippen molar-refractivity contribution in [3.63, 3.8) is 0 Å². The number of aromatic nitrogens is 2. The number of nitrogens with one attached hydrogen (secondary N) is 2. The van der Waals surface area contributed by atoms with Gasteiger partial charge in [-0.3, -0.25) is 4.79 Å². The zero-order chi connectivity index (χ0) is 12.5. The van der Waals surface area contributed by atoms with Gasteiger partial charge >= 0.3 is 0 Å². The zero-order valence-corrected chi connectivity index (χ0v) is 9.82. The summed E-state index contributed by atoms with van der Waals surface area (Å²) in [5.74, 6) is -0.193. The number of ether oxygens (including phenoxy) is 2. The van der Waals surface area contributed by atoms with E-state index < -0.39 is 5.79 Å². The molecule has 0 aliphatic carbocycles. The summed E-state index contributed by atoms with van der Waals surface area (Å²) in [6, 6.07) is 0. The highest BCUT2D eigenvalue weighted by molar-refractivity contribution is 5.58. The fraction of sp³-hybridized carbons (Fsp3) is 0.600. The van der Waals surface area contributed by atoms with E-state index in [0.29, 0.717) is 19.0 Å². The van der Waals surface area contributed by atoms with E-state index in [9.17, 15) is 4.79 Å². The van der Waals surface area contributed by atoms with Gasteiger partial charge in [0.25, 0.3) is 5.56 Å². The molecule has 94 valence electrons. The van der Waals surface area contributed by atoms with Crippen molar-refractivity contribution in [2.24, 2.45) is 0 Å². The second kappa shape index (κ2) is 4.34. The lowest BCUT2D eigenvalue weighted by atomic mass is 10.3. The molecule has 1 unspecified atom stereocenters. The number of H-pyrrole nitrogens is 1. The van der Waals surface area contributed by atoms with Gasteiger partial charge < -0.3 is 25.5 Å². The minimum absolute atomic E-state index is 0.0747. The highest BCUT2D eigenvalue weighted by Crippen LogP contribution is 2.22. The molecule has 0 aromatic carbocycles.